The minimum Gasteiger partial charge on any atom is -0.502 e. The Labute approximate surface area is 81.0 Å². The van der Waals surface area contributed by atoms with Crippen LogP contribution in [0.4, 0.5) is 5.69 Å². The summed E-state index contributed by atoms with van der Waals surface area (Å²) in [6.45, 7) is 0. The number of nitro groups is 1. The molecule has 0 spiro atoms. The van der Waals surface area contributed by atoms with Crippen molar-refractivity contribution >= 4 is 33.2 Å². The van der Waals surface area contributed by atoms with Gasteiger partial charge in [-0.1, -0.05) is 11.6 Å². The van der Waals surface area contributed by atoms with Crippen LogP contribution in [0.25, 0.3) is 0 Å². The van der Waals surface area contributed by atoms with Gasteiger partial charge in [0.1, 0.15) is 4.47 Å². The summed E-state index contributed by atoms with van der Waals surface area (Å²) in [4.78, 5) is 9.64. The number of nitro benzene ring substituents is 1. The maximum Gasteiger partial charge on any atom is 0.324 e. The van der Waals surface area contributed by atoms with Gasteiger partial charge >= 0.3 is 5.69 Å². The molecular formula is C6H3BrClNO3. The number of aromatic hydroxyl groups is 1. The number of benzene rings is 1. The molecule has 0 saturated carbocycles. The van der Waals surface area contributed by atoms with Crippen LogP contribution < -0.4 is 0 Å². The molecule has 0 fully saturated rings. The van der Waals surface area contributed by atoms with E-state index in [1.807, 2.05) is 0 Å². The zero-order chi connectivity index (χ0) is 9.30. The van der Waals surface area contributed by atoms with Crippen molar-refractivity contribution in [1.29, 1.82) is 0 Å². The maximum atomic E-state index is 10.3. The minimum absolute atomic E-state index is 0.164. The summed E-state index contributed by atoms with van der Waals surface area (Å²) in [7, 11) is 0. The predicted octanol–water partition coefficient (Wildman–Crippen LogP) is 2.72. The van der Waals surface area contributed by atoms with E-state index in [1.54, 1.807) is 0 Å². The molecule has 6 heteroatoms. The number of rotatable bonds is 1. The quantitative estimate of drug-likeness (QED) is 0.617. The molecule has 1 rings (SSSR count). The summed E-state index contributed by atoms with van der Waals surface area (Å²) < 4.78 is 0.164. The van der Waals surface area contributed by atoms with Crippen molar-refractivity contribution in [3.8, 4) is 5.75 Å². The summed E-state index contributed by atoms with van der Waals surface area (Å²) in [5.74, 6) is -0.445. The van der Waals surface area contributed by atoms with Crippen LogP contribution in [0.1, 0.15) is 0 Å². The van der Waals surface area contributed by atoms with Gasteiger partial charge in [0.05, 0.1) is 4.92 Å². The van der Waals surface area contributed by atoms with Crippen LogP contribution in [-0.4, -0.2) is 10.0 Å². The van der Waals surface area contributed by atoms with Gasteiger partial charge in [-0.3, -0.25) is 10.1 Å². The third kappa shape index (κ3) is 1.67. The summed E-state index contributed by atoms with van der Waals surface area (Å²) in [5.41, 5.74) is -0.376. The van der Waals surface area contributed by atoms with Gasteiger partial charge < -0.3 is 5.11 Å². The standard InChI is InChI=1S/C6H3BrClNO3/c7-4-1-3(8)2-5(10)6(4)9(11)12/h1-2,10H. The van der Waals surface area contributed by atoms with Crippen molar-refractivity contribution in [3.05, 3.63) is 31.7 Å². The van der Waals surface area contributed by atoms with Crippen LogP contribution in [0.3, 0.4) is 0 Å². The summed E-state index contributed by atoms with van der Waals surface area (Å²) in [6.07, 6.45) is 0. The first-order valence-corrected chi connectivity index (χ1v) is 4.02. The van der Waals surface area contributed by atoms with Crippen LogP contribution in [-0.2, 0) is 0 Å². The fourth-order valence-corrected chi connectivity index (χ4v) is 1.67. The topological polar surface area (TPSA) is 63.4 Å². The zero-order valence-corrected chi connectivity index (χ0v) is 7.96. The molecule has 1 aromatic rings. The fourth-order valence-electron chi connectivity index (χ4n) is 0.733. The molecule has 0 radical (unpaired) electrons. The van der Waals surface area contributed by atoms with E-state index in [0.717, 1.165) is 6.07 Å². The van der Waals surface area contributed by atoms with Crippen LogP contribution >= 0.6 is 27.5 Å². The Bertz CT molecular complexity index is 319. The monoisotopic (exact) mass is 251 g/mol. The van der Waals surface area contributed by atoms with E-state index >= 15 is 0 Å². The molecule has 0 heterocycles. The van der Waals surface area contributed by atoms with Crippen LogP contribution in [0.15, 0.2) is 16.6 Å². The second kappa shape index (κ2) is 3.28. The predicted molar refractivity (Wildman–Crippen MR) is 47.5 cm³/mol. The number of phenols is 1. The Balaban J connectivity index is 3.38. The molecule has 0 unspecified atom stereocenters. The lowest BCUT2D eigenvalue weighted by Gasteiger charge is -1.98. The Morgan fingerprint density at radius 3 is 2.58 bits per heavy atom. The Morgan fingerprint density at radius 1 is 1.58 bits per heavy atom. The minimum atomic E-state index is -0.685. The first kappa shape index (κ1) is 9.28. The molecule has 0 bridgehead atoms. The molecule has 64 valence electrons. The molecular weight excluding hydrogens is 249 g/mol. The molecule has 0 aliphatic heterocycles. The number of phenolic OH excluding ortho intramolecular Hbond substituents is 1. The largest absolute Gasteiger partial charge is 0.502 e. The molecule has 0 aromatic heterocycles. The number of hydrogen-bond donors (Lipinski definition) is 1. The van der Waals surface area contributed by atoms with E-state index in [0.29, 0.717) is 0 Å². The third-order valence-electron chi connectivity index (χ3n) is 1.19. The zero-order valence-electron chi connectivity index (χ0n) is 5.62. The molecule has 0 atom stereocenters. The van der Waals surface area contributed by atoms with Crippen LogP contribution in [0, 0.1) is 10.1 Å². The van der Waals surface area contributed by atoms with E-state index in [9.17, 15) is 10.1 Å². The molecule has 4 nitrogen and oxygen atoms in total. The molecule has 0 amide bonds. The lowest BCUT2D eigenvalue weighted by atomic mass is 10.3. The van der Waals surface area contributed by atoms with E-state index in [4.69, 9.17) is 16.7 Å². The van der Waals surface area contributed by atoms with E-state index in [1.165, 1.54) is 6.07 Å². The highest BCUT2D eigenvalue weighted by molar-refractivity contribution is 9.10. The summed E-state index contributed by atoms with van der Waals surface area (Å²) in [6, 6.07) is 2.46. The molecule has 1 aromatic carbocycles. The first-order chi connectivity index (χ1) is 5.52. The highest BCUT2D eigenvalue weighted by Gasteiger charge is 2.18. The molecule has 12 heavy (non-hydrogen) atoms. The molecule has 1 N–H and O–H groups in total. The van der Waals surface area contributed by atoms with Gasteiger partial charge in [-0.2, -0.15) is 0 Å². The van der Waals surface area contributed by atoms with Crippen LogP contribution in [0.2, 0.25) is 5.02 Å². The smallest absolute Gasteiger partial charge is 0.324 e. The van der Waals surface area contributed by atoms with Crippen molar-refractivity contribution in [2.24, 2.45) is 0 Å². The van der Waals surface area contributed by atoms with Gasteiger partial charge in [0.15, 0.2) is 5.75 Å². The lowest BCUT2D eigenvalue weighted by molar-refractivity contribution is -0.386. The van der Waals surface area contributed by atoms with E-state index in [2.05, 4.69) is 15.9 Å². The molecule has 0 aliphatic carbocycles. The van der Waals surface area contributed by atoms with Crippen LogP contribution in [0.5, 0.6) is 5.75 Å². The van der Waals surface area contributed by atoms with Gasteiger partial charge in [-0.15, -0.1) is 0 Å². The second-order valence-corrected chi connectivity index (χ2v) is 3.30. The molecule has 0 aliphatic rings. The Morgan fingerprint density at radius 2 is 2.17 bits per heavy atom. The Kier molecular flexibility index (Phi) is 2.54. The van der Waals surface area contributed by atoms with Gasteiger partial charge in [0, 0.05) is 11.1 Å². The van der Waals surface area contributed by atoms with Gasteiger partial charge in [-0.25, -0.2) is 0 Å². The number of nitrogens with zero attached hydrogens (tertiary/aromatic N) is 1. The second-order valence-electron chi connectivity index (χ2n) is 2.01. The fraction of sp³-hybridized carbons (Fsp3) is 0. The summed E-state index contributed by atoms with van der Waals surface area (Å²) in [5, 5.41) is 19.7. The molecule has 0 saturated heterocycles. The first-order valence-electron chi connectivity index (χ1n) is 2.85. The van der Waals surface area contributed by atoms with Crippen molar-refractivity contribution in [2.75, 3.05) is 0 Å². The number of hydrogen-bond acceptors (Lipinski definition) is 3. The van der Waals surface area contributed by atoms with Crippen molar-refractivity contribution in [2.45, 2.75) is 0 Å². The normalized spacial score (nSPS) is 9.83. The highest BCUT2D eigenvalue weighted by atomic mass is 79.9. The SMILES string of the molecule is O=[N+]([O-])c1c(O)cc(Cl)cc1Br. The van der Waals surface area contributed by atoms with Crippen molar-refractivity contribution in [3.63, 3.8) is 0 Å². The summed E-state index contributed by atoms with van der Waals surface area (Å²) >= 11 is 8.43. The third-order valence-corrected chi connectivity index (χ3v) is 2.01. The van der Waals surface area contributed by atoms with E-state index in [-0.39, 0.29) is 15.2 Å². The van der Waals surface area contributed by atoms with Gasteiger partial charge in [0.2, 0.25) is 0 Å². The average Bonchev–Trinajstić information content (AvgIpc) is 1.82. The lowest BCUT2D eigenvalue weighted by Crippen LogP contribution is -1.89. The average molecular weight is 252 g/mol. The van der Waals surface area contributed by atoms with Gasteiger partial charge in [-0.05, 0) is 22.0 Å². The van der Waals surface area contributed by atoms with Crippen molar-refractivity contribution < 1.29 is 10.0 Å². The number of halogens is 2. The maximum absolute atomic E-state index is 10.3. The van der Waals surface area contributed by atoms with Crippen molar-refractivity contribution in [1.82, 2.24) is 0 Å². The Hall–Kier alpha value is -0.810. The van der Waals surface area contributed by atoms with Gasteiger partial charge in [0.25, 0.3) is 0 Å². The van der Waals surface area contributed by atoms with E-state index < -0.39 is 10.7 Å². The highest BCUT2D eigenvalue weighted by Crippen LogP contribution is 2.36.